The van der Waals surface area contributed by atoms with Crippen LogP contribution in [0.5, 0.6) is 0 Å². The average Bonchev–Trinajstić information content (AvgIpc) is 2.15. The van der Waals surface area contributed by atoms with E-state index in [1.165, 1.54) is 0 Å². The minimum Gasteiger partial charge on any atom is -0.447 e. The van der Waals surface area contributed by atoms with Gasteiger partial charge in [-0.15, -0.1) is 0 Å². The summed E-state index contributed by atoms with van der Waals surface area (Å²) in [6.07, 6.45) is 0.345. The normalized spacial score (nSPS) is 13.7. The van der Waals surface area contributed by atoms with Gasteiger partial charge in [-0.25, -0.2) is 4.79 Å². The van der Waals surface area contributed by atoms with Gasteiger partial charge in [0.25, 0.3) is 0 Å². The van der Waals surface area contributed by atoms with E-state index < -0.39 is 6.09 Å². The summed E-state index contributed by atoms with van der Waals surface area (Å²) in [4.78, 5) is 11.2. The van der Waals surface area contributed by atoms with Crippen molar-refractivity contribution < 1.29 is 14.7 Å². The van der Waals surface area contributed by atoms with E-state index in [-0.39, 0.29) is 18.0 Å². The molecule has 0 aromatic carbocycles. The molecule has 0 rings (SSSR count). The van der Waals surface area contributed by atoms with E-state index in [9.17, 15) is 4.79 Å². The first-order chi connectivity index (χ1) is 6.99. The van der Waals surface area contributed by atoms with Gasteiger partial charge in [-0.2, -0.15) is 0 Å². The number of nitrogens with two attached hydrogens (primary N) is 1. The molecule has 0 radical (unpaired) electrons. The number of amidine groups is 1. The second-order valence-electron chi connectivity index (χ2n) is 3.50. The van der Waals surface area contributed by atoms with Crippen molar-refractivity contribution in [2.24, 2.45) is 10.9 Å². The van der Waals surface area contributed by atoms with E-state index in [4.69, 9.17) is 15.7 Å². The third-order valence-electron chi connectivity index (χ3n) is 1.74. The van der Waals surface area contributed by atoms with Crippen LogP contribution in [-0.4, -0.2) is 29.3 Å². The topological polar surface area (TPSA) is 96.9 Å². The molecule has 88 valence electrons. The molecule has 0 bridgehead atoms. The SMILES string of the molecule is CCC(CC(N)=NO)NC(=O)OC(C)C. The minimum absolute atomic E-state index is 0.0895. The molecule has 0 aromatic rings. The van der Waals surface area contributed by atoms with Crippen LogP contribution >= 0.6 is 0 Å². The van der Waals surface area contributed by atoms with Crippen molar-refractivity contribution >= 4 is 11.9 Å². The molecule has 6 nitrogen and oxygen atoms in total. The number of nitrogens with zero attached hydrogens (tertiary/aromatic N) is 1. The molecule has 0 saturated heterocycles. The van der Waals surface area contributed by atoms with Crippen molar-refractivity contribution in [1.82, 2.24) is 5.32 Å². The second kappa shape index (κ2) is 6.92. The molecule has 1 amide bonds. The van der Waals surface area contributed by atoms with Crippen LogP contribution in [0.3, 0.4) is 0 Å². The van der Waals surface area contributed by atoms with Crippen LogP contribution in [0.25, 0.3) is 0 Å². The lowest BCUT2D eigenvalue weighted by atomic mass is 10.1. The zero-order valence-corrected chi connectivity index (χ0v) is 9.36. The van der Waals surface area contributed by atoms with Gasteiger partial charge in [-0.1, -0.05) is 12.1 Å². The van der Waals surface area contributed by atoms with Crippen molar-refractivity contribution in [3.05, 3.63) is 0 Å². The lowest BCUT2D eigenvalue weighted by Crippen LogP contribution is -2.38. The zero-order chi connectivity index (χ0) is 11.8. The van der Waals surface area contributed by atoms with E-state index in [0.29, 0.717) is 12.8 Å². The van der Waals surface area contributed by atoms with Crippen LogP contribution in [0, 0.1) is 0 Å². The summed E-state index contributed by atoms with van der Waals surface area (Å²) in [5.41, 5.74) is 5.33. The first kappa shape index (κ1) is 13.5. The Hall–Kier alpha value is -1.46. The van der Waals surface area contributed by atoms with Crippen LogP contribution in [0.2, 0.25) is 0 Å². The third-order valence-corrected chi connectivity index (χ3v) is 1.74. The van der Waals surface area contributed by atoms with E-state index >= 15 is 0 Å². The van der Waals surface area contributed by atoms with Crippen LogP contribution < -0.4 is 11.1 Å². The van der Waals surface area contributed by atoms with E-state index in [1.54, 1.807) is 13.8 Å². The fraction of sp³-hybridized carbons (Fsp3) is 0.778. The van der Waals surface area contributed by atoms with Gasteiger partial charge in [-0.3, -0.25) is 0 Å². The predicted molar refractivity (Wildman–Crippen MR) is 56.9 cm³/mol. The molecule has 4 N–H and O–H groups in total. The van der Waals surface area contributed by atoms with Crippen molar-refractivity contribution in [3.63, 3.8) is 0 Å². The second-order valence-corrected chi connectivity index (χ2v) is 3.50. The van der Waals surface area contributed by atoms with Crippen molar-refractivity contribution in [2.45, 2.75) is 45.8 Å². The van der Waals surface area contributed by atoms with Crippen LogP contribution in [-0.2, 0) is 4.74 Å². The Balaban J connectivity index is 4.04. The number of oxime groups is 1. The van der Waals surface area contributed by atoms with Gasteiger partial charge >= 0.3 is 6.09 Å². The lowest BCUT2D eigenvalue weighted by Gasteiger charge is -2.17. The Labute approximate surface area is 89.5 Å². The van der Waals surface area contributed by atoms with E-state index in [0.717, 1.165) is 0 Å². The maximum atomic E-state index is 11.2. The average molecular weight is 217 g/mol. The smallest absolute Gasteiger partial charge is 0.407 e. The molecule has 0 aliphatic rings. The monoisotopic (exact) mass is 217 g/mol. The lowest BCUT2D eigenvalue weighted by molar-refractivity contribution is 0.112. The standard InChI is InChI=1S/C9H19N3O3/c1-4-7(5-8(10)12-14)11-9(13)15-6(2)3/h6-7,14H,4-5H2,1-3H3,(H2,10,12)(H,11,13). The highest BCUT2D eigenvalue weighted by atomic mass is 16.6. The van der Waals surface area contributed by atoms with Crippen molar-refractivity contribution in [2.75, 3.05) is 0 Å². The molecule has 0 aromatic heterocycles. The van der Waals surface area contributed by atoms with Gasteiger partial charge in [0, 0.05) is 12.5 Å². The van der Waals surface area contributed by atoms with Gasteiger partial charge in [0.15, 0.2) is 0 Å². The largest absolute Gasteiger partial charge is 0.447 e. The van der Waals surface area contributed by atoms with Gasteiger partial charge in [0.2, 0.25) is 0 Å². The molecule has 0 aliphatic carbocycles. The number of alkyl carbamates (subject to hydrolysis) is 1. The molecule has 1 unspecified atom stereocenters. The molecule has 0 spiro atoms. The Bertz CT molecular complexity index is 229. The Morgan fingerprint density at radius 1 is 1.60 bits per heavy atom. The van der Waals surface area contributed by atoms with Gasteiger partial charge in [0.05, 0.1) is 6.10 Å². The molecule has 0 saturated carbocycles. The zero-order valence-electron chi connectivity index (χ0n) is 9.36. The van der Waals surface area contributed by atoms with Gasteiger partial charge in [-0.05, 0) is 20.3 Å². The number of hydrogen-bond donors (Lipinski definition) is 3. The van der Waals surface area contributed by atoms with Gasteiger partial charge < -0.3 is 21.0 Å². The summed E-state index contributed by atoms with van der Waals surface area (Å²) in [7, 11) is 0. The highest BCUT2D eigenvalue weighted by Crippen LogP contribution is 1.99. The maximum absolute atomic E-state index is 11.2. The van der Waals surface area contributed by atoms with E-state index in [1.807, 2.05) is 6.92 Å². The van der Waals surface area contributed by atoms with Crippen LogP contribution in [0.15, 0.2) is 5.16 Å². The summed E-state index contributed by atoms with van der Waals surface area (Å²) in [6.45, 7) is 5.43. The molecule has 0 aliphatic heterocycles. The van der Waals surface area contributed by atoms with Crippen molar-refractivity contribution in [1.29, 1.82) is 0 Å². The fourth-order valence-corrected chi connectivity index (χ4v) is 1.01. The quantitative estimate of drug-likeness (QED) is 0.277. The molecule has 15 heavy (non-hydrogen) atoms. The molecule has 0 fully saturated rings. The highest BCUT2D eigenvalue weighted by molar-refractivity contribution is 5.80. The van der Waals surface area contributed by atoms with Crippen LogP contribution in [0.4, 0.5) is 4.79 Å². The number of rotatable bonds is 5. The Morgan fingerprint density at radius 3 is 2.60 bits per heavy atom. The summed E-state index contributed by atoms with van der Waals surface area (Å²) in [5, 5.41) is 13.9. The number of amides is 1. The Morgan fingerprint density at radius 2 is 2.20 bits per heavy atom. The molecular formula is C9H19N3O3. The summed E-state index contributed by atoms with van der Waals surface area (Å²) in [5.74, 6) is 0.0895. The highest BCUT2D eigenvalue weighted by Gasteiger charge is 2.13. The number of ether oxygens (including phenoxy) is 1. The first-order valence-corrected chi connectivity index (χ1v) is 4.93. The van der Waals surface area contributed by atoms with E-state index in [2.05, 4.69) is 10.5 Å². The summed E-state index contributed by atoms with van der Waals surface area (Å²) >= 11 is 0. The maximum Gasteiger partial charge on any atom is 0.407 e. The first-order valence-electron chi connectivity index (χ1n) is 4.93. The fourth-order valence-electron chi connectivity index (χ4n) is 1.01. The van der Waals surface area contributed by atoms with Gasteiger partial charge in [0.1, 0.15) is 5.84 Å². The molecule has 1 atom stereocenters. The number of carbonyl (C=O) groups is 1. The van der Waals surface area contributed by atoms with Crippen LogP contribution in [0.1, 0.15) is 33.6 Å². The van der Waals surface area contributed by atoms with Crippen molar-refractivity contribution in [3.8, 4) is 0 Å². The number of nitrogens with one attached hydrogen (secondary N) is 1. The number of carbonyl (C=O) groups excluding carboxylic acids is 1. The Kier molecular flexibility index (Phi) is 6.24. The molecule has 0 heterocycles. The predicted octanol–water partition coefficient (Wildman–Crippen LogP) is 1.04. The molecule has 6 heteroatoms. The number of hydrogen-bond acceptors (Lipinski definition) is 4. The minimum atomic E-state index is -0.484. The third kappa shape index (κ3) is 6.59. The summed E-state index contributed by atoms with van der Waals surface area (Å²) in [6, 6.07) is -0.174. The summed E-state index contributed by atoms with van der Waals surface area (Å²) < 4.78 is 4.90. The molecular weight excluding hydrogens is 198 g/mol.